The number of methoxy groups -OCH3 is 2. The van der Waals surface area contributed by atoms with E-state index in [1.54, 1.807) is 6.92 Å². The highest BCUT2D eigenvalue weighted by atomic mass is 35.5. The van der Waals surface area contributed by atoms with Gasteiger partial charge in [-0.3, -0.25) is 14.6 Å². The summed E-state index contributed by atoms with van der Waals surface area (Å²) >= 11 is 12.1. The van der Waals surface area contributed by atoms with Crippen molar-refractivity contribution in [1.82, 2.24) is 15.0 Å². The molecule has 0 atom stereocenters. The molecule has 4 rings (SSSR count). The molecular weight excluding hydrogens is 687 g/mol. The number of carboxylic acid groups (broad SMARTS) is 2. The van der Waals surface area contributed by atoms with Crippen molar-refractivity contribution < 1.29 is 38.9 Å². The van der Waals surface area contributed by atoms with Crippen LogP contribution in [0.15, 0.2) is 22.3 Å². The maximum atomic E-state index is 12.2. The van der Waals surface area contributed by atoms with Crippen molar-refractivity contribution in [2.75, 3.05) is 26.0 Å². The second-order valence-electron chi connectivity index (χ2n) is 12.1. The van der Waals surface area contributed by atoms with E-state index in [9.17, 15) is 29.4 Å². The summed E-state index contributed by atoms with van der Waals surface area (Å²) in [4.78, 5) is 62.7. The summed E-state index contributed by atoms with van der Waals surface area (Å²) in [7, 11) is 2.67. The van der Waals surface area contributed by atoms with Crippen LogP contribution in [-0.2, 0) is 51.2 Å². The number of rotatable bonds is 17. The first-order chi connectivity index (χ1) is 23.8. The molecule has 0 fully saturated rings. The molecule has 5 N–H and O–H groups in total. The number of aromatic nitrogens is 3. The highest BCUT2D eigenvalue weighted by molar-refractivity contribution is 6.18. The molecule has 0 bridgehead atoms. The lowest BCUT2D eigenvalue weighted by Gasteiger charge is -2.06. The number of H-pyrrole nitrogens is 3. The number of halogens is 2. The van der Waals surface area contributed by atoms with E-state index in [1.165, 1.54) is 14.2 Å². The van der Waals surface area contributed by atoms with Crippen molar-refractivity contribution in [3.63, 3.8) is 0 Å². The molecule has 0 spiro atoms. The lowest BCUT2D eigenvalue weighted by Crippen LogP contribution is -2.03. The number of aromatic amines is 3. The van der Waals surface area contributed by atoms with Crippen LogP contribution in [0.25, 0.3) is 6.08 Å². The second-order valence-corrected chi connectivity index (χ2v) is 12.8. The Morgan fingerprint density at radius 2 is 1.28 bits per heavy atom. The Morgan fingerprint density at radius 3 is 1.88 bits per heavy atom. The monoisotopic (exact) mass is 728 g/mol. The molecule has 0 unspecified atom stereocenters. The van der Waals surface area contributed by atoms with Gasteiger partial charge in [-0.05, 0) is 97.6 Å². The first-order valence-electron chi connectivity index (χ1n) is 16.2. The number of carbonyl (C=O) groups excluding carboxylic acids is 2. The molecule has 1 aliphatic heterocycles. The summed E-state index contributed by atoms with van der Waals surface area (Å²) < 4.78 is 9.79. The molecule has 1 aliphatic rings. The van der Waals surface area contributed by atoms with Crippen LogP contribution in [0.5, 0.6) is 0 Å². The van der Waals surface area contributed by atoms with Crippen molar-refractivity contribution in [2.45, 2.75) is 72.1 Å². The lowest BCUT2D eigenvalue weighted by atomic mass is 9.99. The molecule has 3 aromatic rings. The summed E-state index contributed by atoms with van der Waals surface area (Å²) in [6.45, 7) is 5.56. The minimum Gasteiger partial charge on any atom is -0.477 e. The fourth-order valence-corrected chi connectivity index (χ4v) is 6.78. The number of aliphatic imine (C=N–C) groups is 1. The van der Waals surface area contributed by atoms with Crippen LogP contribution in [0.3, 0.4) is 0 Å². The predicted octanol–water partition coefficient (Wildman–Crippen LogP) is 6.17. The molecule has 4 heterocycles. The molecule has 12 nitrogen and oxygen atoms in total. The molecule has 0 aromatic carbocycles. The normalized spacial score (nSPS) is 13.5. The van der Waals surface area contributed by atoms with Crippen molar-refractivity contribution >= 4 is 58.9 Å². The van der Waals surface area contributed by atoms with E-state index >= 15 is 0 Å². The summed E-state index contributed by atoms with van der Waals surface area (Å²) in [5.74, 6) is -2.26. The molecule has 0 saturated carbocycles. The van der Waals surface area contributed by atoms with Gasteiger partial charge in [0.25, 0.3) is 0 Å². The Labute approximate surface area is 300 Å². The van der Waals surface area contributed by atoms with Gasteiger partial charge in [-0.25, -0.2) is 9.59 Å². The summed E-state index contributed by atoms with van der Waals surface area (Å²) in [6, 6.07) is 0. The number of alkyl halides is 2. The van der Waals surface area contributed by atoms with Crippen molar-refractivity contribution in [2.24, 2.45) is 4.99 Å². The van der Waals surface area contributed by atoms with E-state index < -0.39 is 11.9 Å². The van der Waals surface area contributed by atoms with Crippen molar-refractivity contribution in [1.29, 1.82) is 0 Å². The Kier molecular flexibility index (Phi) is 12.9. The molecular formula is C36H42Cl2N4O8. The van der Waals surface area contributed by atoms with Crippen LogP contribution in [0.2, 0.25) is 0 Å². The number of hydrogen-bond donors (Lipinski definition) is 5. The van der Waals surface area contributed by atoms with Crippen LogP contribution in [0.1, 0.15) is 96.4 Å². The van der Waals surface area contributed by atoms with Gasteiger partial charge in [0.2, 0.25) is 0 Å². The first kappa shape index (κ1) is 38.3. The average Bonchev–Trinajstić information content (AvgIpc) is 3.79. The van der Waals surface area contributed by atoms with E-state index in [0.717, 1.165) is 39.2 Å². The number of carbonyl (C=O) groups is 4. The number of carboxylic acids is 2. The third kappa shape index (κ3) is 8.59. The van der Waals surface area contributed by atoms with E-state index in [0.29, 0.717) is 78.3 Å². The quantitative estimate of drug-likeness (QED) is 0.0806. The number of nitrogens with one attached hydrogen (secondary N) is 3. The highest BCUT2D eigenvalue weighted by Gasteiger charge is 2.25. The Morgan fingerprint density at radius 1 is 0.720 bits per heavy atom. The molecule has 0 saturated heterocycles. The number of nitrogens with zero attached hydrogens (tertiary/aromatic N) is 1. The maximum absolute atomic E-state index is 12.2. The number of allylic oxidation sites excluding steroid dienone is 2. The number of ether oxygens (including phenoxy) is 2. The van der Waals surface area contributed by atoms with Gasteiger partial charge in [0, 0.05) is 65.9 Å². The van der Waals surface area contributed by atoms with Gasteiger partial charge in [0.15, 0.2) is 0 Å². The number of hydrogen-bond acceptors (Lipinski definition) is 7. The van der Waals surface area contributed by atoms with Gasteiger partial charge < -0.3 is 34.6 Å². The van der Waals surface area contributed by atoms with Gasteiger partial charge in [0.05, 0.1) is 19.9 Å². The Bertz CT molecular complexity index is 1890. The lowest BCUT2D eigenvalue weighted by molar-refractivity contribution is -0.141. The minimum absolute atomic E-state index is 0.106. The fraction of sp³-hybridized carbons (Fsp3) is 0.417. The summed E-state index contributed by atoms with van der Waals surface area (Å²) in [6.07, 6.45) is 6.33. The summed E-state index contributed by atoms with van der Waals surface area (Å²) in [5.41, 5.74) is 9.97. The topological polar surface area (TPSA) is 187 Å². The largest absolute Gasteiger partial charge is 0.477 e. The molecule has 14 heteroatoms. The zero-order chi connectivity index (χ0) is 36.7. The van der Waals surface area contributed by atoms with Crippen LogP contribution in [0.4, 0.5) is 0 Å². The van der Waals surface area contributed by atoms with Gasteiger partial charge in [-0.2, -0.15) is 0 Å². The van der Waals surface area contributed by atoms with Gasteiger partial charge >= 0.3 is 23.9 Å². The van der Waals surface area contributed by atoms with E-state index in [1.807, 2.05) is 26.0 Å². The molecule has 50 heavy (non-hydrogen) atoms. The standard InChI is InChI=1S/C36H42Cl2N4O8/c1-18-23(7-9-32(44)50-5)29(40-27(18)16-30-24(10-12-37)20(3)33(42-30)35(45)46)17-28-21(6-8-31(43)49-4)14-22(39-28)15-26-19(2)25(11-13-38)34(41-26)36(47)48/h14,17,40-42H,6-13,15-16H2,1-5H3,(H,45,46)(H,47,48)/b28-17-. The molecule has 0 amide bonds. The van der Waals surface area contributed by atoms with E-state index in [-0.39, 0.29) is 42.0 Å². The van der Waals surface area contributed by atoms with Crippen LogP contribution < -0.4 is 0 Å². The zero-order valence-corrected chi connectivity index (χ0v) is 30.3. The van der Waals surface area contributed by atoms with Gasteiger partial charge in [-0.1, -0.05) is 0 Å². The molecule has 3 aromatic heterocycles. The van der Waals surface area contributed by atoms with E-state index in [4.69, 9.17) is 37.7 Å². The van der Waals surface area contributed by atoms with Gasteiger partial charge in [-0.15, -0.1) is 23.2 Å². The third-order valence-corrected chi connectivity index (χ3v) is 9.52. The third-order valence-electron chi connectivity index (χ3n) is 9.14. The van der Waals surface area contributed by atoms with Crippen LogP contribution >= 0.6 is 23.2 Å². The SMILES string of the molecule is COC(=O)CCC1=CC(Cc2[nH]c(C(=O)O)c(CCCl)c2C)=N/C1=C\c1[nH]c(Cc2[nH]c(C(=O)O)c(C)c2CCCl)c(C)c1CCC(=O)OC. The molecule has 268 valence electrons. The fourth-order valence-electron chi connectivity index (χ4n) is 6.40. The van der Waals surface area contributed by atoms with Crippen molar-refractivity contribution in [3.8, 4) is 0 Å². The minimum atomic E-state index is -1.07. The number of aromatic carboxylic acids is 2. The Hall–Kier alpha value is -4.55. The van der Waals surface area contributed by atoms with Crippen LogP contribution in [-0.4, -0.2) is 80.7 Å². The second kappa shape index (κ2) is 16.9. The number of esters is 2. The smallest absolute Gasteiger partial charge is 0.352 e. The highest BCUT2D eigenvalue weighted by Crippen LogP contribution is 2.32. The van der Waals surface area contributed by atoms with E-state index in [2.05, 4.69) is 15.0 Å². The van der Waals surface area contributed by atoms with Crippen LogP contribution in [0, 0.1) is 20.8 Å². The van der Waals surface area contributed by atoms with Crippen molar-refractivity contribution in [3.05, 3.63) is 84.9 Å². The molecule has 0 aliphatic carbocycles. The first-order valence-corrected chi connectivity index (χ1v) is 17.2. The molecule has 0 radical (unpaired) electrons. The van der Waals surface area contributed by atoms with Gasteiger partial charge in [0.1, 0.15) is 11.4 Å². The average molecular weight is 730 g/mol. The summed E-state index contributed by atoms with van der Waals surface area (Å²) in [5, 5.41) is 19.5. The predicted molar refractivity (Wildman–Crippen MR) is 191 cm³/mol. The maximum Gasteiger partial charge on any atom is 0.352 e. The Balaban J connectivity index is 1.79. The zero-order valence-electron chi connectivity index (χ0n) is 28.8.